The van der Waals surface area contributed by atoms with E-state index in [1.807, 2.05) is 73.7 Å². The summed E-state index contributed by atoms with van der Waals surface area (Å²) in [7, 11) is -3.38. The second-order valence-electron chi connectivity index (χ2n) is 5.31. The maximum Gasteiger partial charge on any atom is 0.236 e. The van der Waals surface area contributed by atoms with E-state index < -0.39 is 10.0 Å². The molecule has 3 rings (SSSR count). The fourth-order valence-corrected chi connectivity index (χ4v) is 5.06. The van der Waals surface area contributed by atoms with Gasteiger partial charge in [0.05, 0.1) is 6.26 Å². The van der Waals surface area contributed by atoms with Crippen molar-refractivity contribution in [1.29, 1.82) is 0 Å². The molecule has 0 aliphatic carbocycles. The van der Waals surface area contributed by atoms with Gasteiger partial charge in [-0.2, -0.15) is 0 Å². The van der Waals surface area contributed by atoms with Crippen molar-refractivity contribution in [3.63, 3.8) is 0 Å². The van der Waals surface area contributed by atoms with Gasteiger partial charge in [-0.1, -0.05) is 60.3 Å². The van der Waals surface area contributed by atoms with Crippen LogP contribution in [0.1, 0.15) is 5.69 Å². The Kier molecular flexibility index (Phi) is 4.33. The van der Waals surface area contributed by atoms with Crippen molar-refractivity contribution in [3.8, 4) is 11.1 Å². The van der Waals surface area contributed by atoms with Crippen LogP contribution in [0.4, 0.5) is 0 Å². The lowest BCUT2D eigenvalue weighted by atomic mass is 10.1. The van der Waals surface area contributed by atoms with E-state index in [0.717, 1.165) is 21.0 Å². The number of hydrogen-bond acceptors (Lipinski definition) is 3. The lowest BCUT2D eigenvalue weighted by Crippen LogP contribution is -2.12. The Bertz CT molecular complexity index is 914. The first kappa shape index (κ1) is 15.9. The molecule has 0 spiro atoms. The van der Waals surface area contributed by atoms with Gasteiger partial charge < -0.3 is 0 Å². The minimum absolute atomic E-state index is 0.713. The Labute approximate surface area is 141 Å². The molecule has 1 heterocycles. The van der Waals surface area contributed by atoms with E-state index in [2.05, 4.69) is 0 Å². The molecule has 0 saturated carbocycles. The Balaban J connectivity index is 2.21. The van der Waals surface area contributed by atoms with Gasteiger partial charge in [-0.25, -0.2) is 12.4 Å². The van der Waals surface area contributed by atoms with Gasteiger partial charge in [0, 0.05) is 16.2 Å². The first-order chi connectivity index (χ1) is 11.0. The van der Waals surface area contributed by atoms with Crippen molar-refractivity contribution in [2.75, 3.05) is 6.26 Å². The zero-order valence-corrected chi connectivity index (χ0v) is 14.6. The molecule has 0 atom stereocenters. The van der Waals surface area contributed by atoms with Crippen LogP contribution in [0.15, 0.2) is 76.7 Å². The quantitative estimate of drug-likeness (QED) is 0.704. The minimum Gasteiger partial charge on any atom is -0.236 e. The van der Waals surface area contributed by atoms with Crippen LogP contribution < -0.4 is 0 Å². The summed E-state index contributed by atoms with van der Waals surface area (Å²) in [5, 5.41) is 0.724. The second-order valence-corrected chi connectivity index (χ2v) is 8.21. The van der Waals surface area contributed by atoms with E-state index in [-0.39, 0.29) is 0 Å². The molecule has 0 radical (unpaired) electrons. The number of benzene rings is 2. The maximum atomic E-state index is 12.3. The van der Waals surface area contributed by atoms with Gasteiger partial charge in [0.1, 0.15) is 5.03 Å². The van der Waals surface area contributed by atoms with Gasteiger partial charge in [0.2, 0.25) is 10.0 Å². The molecule has 0 unspecified atom stereocenters. The predicted molar refractivity (Wildman–Crippen MR) is 95.4 cm³/mol. The van der Waals surface area contributed by atoms with Crippen LogP contribution in [0.2, 0.25) is 0 Å². The smallest absolute Gasteiger partial charge is 0.236 e. The number of aromatic nitrogens is 1. The van der Waals surface area contributed by atoms with E-state index in [1.165, 1.54) is 22.0 Å². The Morgan fingerprint density at radius 2 is 1.48 bits per heavy atom. The third-order valence-electron chi connectivity index (χ3n) is 3.46. The van der Waals surface area contributed by atoms with Crippen molar-refractivity contribution in [2.45, 2.75) is 16.8 Å². The molecule has 0 aliphatic rings. The summed E-state index contributed by atoms with van der Waals surface area (Å²) in [6, 6.07) is 21.6. The first-order valence-electron chi connectivity index (χ1n) is 7.18. The standard InChI is InChI=1S/C18H17NO2S2/c1-14-13-17(15-9-5-3-6-10-15)18(19(14)23(2,20)21)22-16-11-7-4-8-12-16/h3-13H,1-2H3. The van der Waals surface area contributed by atoms with E-state index in [0.29, 0.717) is 5.69 Å². The van der Waals surface area contributed by atoms with Crippen LogP contribution in [0, 0.1) is 6.92 Å². The molecular formula is C18H17NO2S2. The second kappa shape index (κ2) is 6.26. The molecule has 5 heteroatoms. The maximum absolute atomic E-state index is 12.3. The average Bonchev–Trinajstić information content (AvgIpc) is 2.85. The highest BCUT2D eigenvalue weighted by Gasteiger charge is 2.21. The van der Waals surface area contributed by atoms with Crippen molar-refractivity contribution in [3.05, 3.63) is 72.4 Å². The summed E-state index contributed by atoms with van der Waals surface area (Å²) in [5.74, 6) is 0. The van der Waals surface area contributed by atoms with Gasteiger partial charge in [-0.05, 0) is 30.7 Å². The third kappa shape index (κ3) is 3.35. The van der Waals surface area contributed by atoms with Crippen LogP contribution in [0.3, 0.4) is 0 Å². The van der Waals surface area contributed by atoms with E-state index in [1.54, 1.807) is 0 Å². The van der Waals surface area contributed by atoms with Gasteiger partial charge in [-0.15, -0.1) is 0 Å². The molecule has 3 nitrogen and oxygen atoms in total. The molecule has 118 valence electrons. The lowest BCUT2D eigenvalue weighted by molar-refractivity contribution is 0.588. The summed E-state index contributed by atoms with van der Waals surface area (Å²) in [6.45, 7) is 1.82. The number of hydrogen-bond donors (Lipinski definition) is 0. The number of nitrogens with zero attached hydrogens (tertiary/aromatic N) is 1. The van der Waals surface area contributed by atoms with E-state index >= 15 is 0 Å². The van der Waals surface area contributed by atoms with Gasteiger partial charge in [0.25, 0.3) is 0 Å². The SMILES string of the molecule is Cc1cc(-c2ccccc2)c(Sc2ccccc2)n1S(C)(=O)=O. The van der Waals surface area contributed by atoms with Crippen LogP contribution >= 0.6 is 11.8 Å². The highest BCUT2D eigenvalue weighted by Crippen LogP contribution is 2.39. The number of aryl methyl sites for hydroxylation is 1. The molecule has 0 N–H and O–H groups in total. The Morgan fingerprint density at radius 1 is 0.913 bits per heavy atom. The monoisotopic (exact) mass is 343 g/mol. The molecule has 0 amide bonds. The molecule has 0 aliphatic heterocycles. The Hall–Kier alpha value is -1.98. The summed E-state index contributed by atoms with van der Waals surface area (Å²) in [4.78, 5) is 1.01. The molecule has 0 bridgehead atoms. The summed E-state index contributed by atoms with van der Waals surface area (Å²) < 4.78 is 25.9. The first-order valence-corrected chi connectivity index (χ1v) is 9.84. The van der Waals surface area contributed by atoms with Crippen LogP contribution in [-0.2, 0) is 10.0 Å². The molecule has 1 aromatic heterocycles. The van der Waals surface area contributed by atoms with Gasteiger partial charge in [0.15, 0.2) is 0 Å². The van der Waals surface area contributed by atoms with Crippen molar-refractivity contribution < 1.29 is 8.42 Å². The summed E-state index contributed by atoms with van der Waals surface area (Å²) >= 11 is 1.47. The van der Waals surface area contributed by atoms with Gasteiger partial charge >= 0.3 is 0 Å². The normalized spacial score (nSPS) is 11.6. The van der Waals surface area contributed by atoms with E-state index in [4.69, 9.17) is 0 Å². The molecule has 23 heavy (non-hydrogen) atoms. The zero-order chi connectivity index (χ0) is 16.4. The molecule has 0 saturated heterocycles. The van der Waals surface area contributed by atoms with E-state index in [9.17, 15) is 8.42 Å². The summed E-state index contributed by atoms with van der Waals surface area (Å²) in [6.07, 6.45) is 1.24. The molecule has 2 aromatic carbocycles. The fraction of sp³-hybridized carbons (Fsp3) is 0.111. The van der Waals surface area contributed by atoms with Crippen LogP contribution in [-0.4, -0.2) is 18.6 Å². The Morgan fingerprint density at radius 3 is 2.04 bits per heavy atom. The van der Waals surface area contributed by atoms with Crippen LogP contribution in [0.25, 0.3) is 11.1 Å². The fourth-order valence-electron chi connectivity index (χ4n) is 2.53. The van der Waals surface area contributed by atoms with Crippen molar-refractivity contribution in [1.82, 2.24) is 3.97 Å². The molecule has 3 aromatic rings. The average molecular weight is 343 g/mol. The molecular weight excluding hydrogens is 326 g/mol. The largest absolute Gasteiger partial charge is 0.236 e. The molecule has 0 fully saturated rings. The number of rotatable bonds is 4. The zero-order valence-electron chi connectivity index (χ0n) is 12.9. The lowest BCUT2D eigenvalue weighted by Gasteiger charge is -2.11. The van der Waals surface area contributed by atoms with Crippen LogP contribution in [0.5, 0.6) is 0 Å². The highest BCUT2D eigenvalue weighted by molar-refractivity contribution is 8.00. The van der Waals surface area contributed by atoms with Crippen molar-refractivity contribution in [2.24, 2.45) is 0 Å². The summed E-state index contributed by atoms with van der Waals surface area (Å²) in [5.41, 5.74) is 2.66. The van der Waals surface area contributed by atoms with Crippen molar-refractivity contribution >= 4 is 21.8 Å². The highest BCUT2D eigenvalue weighted by atomic mass is 32.2. The minimum atomic E-state index is -3.38. The predicted octanol–water partition coefficient (Wildman–Crippen LogP) is 4.42. The topological polar surface area (TPSA) is 39.1 Å². The van der Waals surface area contributed by atoms with Gasteiger partial charge in [-0.3, -0.25) is 0 Å². The third-order valence-corrected chi connectivity index (χ3v) is 5.82.